The van der Waals surface area contributed by atoms with Crippen molar-refractivity contribution in [3.8, 4) is 0 Å². The normalized spacial score (nSPS) is 11.0. The van der Waals surface area contributed by atoms with Crippen LogP contribution in [-0.4, -0.2) is 51.5 Å². The molecule has 0 aromatic carbocycles. The van der Waals surface area contributed by atoms with Crippen molar-refractivity contribution >= 4 is 5.97 Å². The van der Waals surface area contributed by atoms with E-state index < -0.39 is 5.97 Å². The number of rotatable bonds is 10. The smallest absolute Gasteiger partial charge is 0.328 e. The van der Waals surface area contributed by atoms with Crippen LogP contribution in [0.25, 0.3) is 0 Å². The molecule has 0 aromatic heterocycles. The predicted molar refractivity (Wildman–Crippen MR) is 53.4 cm³/mol. The summed E-state index contributed by atoms with van der Waals surface area (Å²) in [6, 6.07) is 0. The summed E-state index contributed by atoms with van der Waals surface area (Å²) < 4.78 is 15.0. The van der Waals surface area contributed by atoms with Crippen molar-refractivity contribution in [3.05, 3.63) is 12.2 Å². The first kappa shape index (κ1) is 14.1. The molecule has 0 unspecified atom stereocenters. The van der Waals surface area contributed by atoms with E-state index in [1.807, 2.05) is 0 Å². The summed E-state index contributed by atoms with van der Waals surface area (Å²) in [5.41, 5.74) is 0. The minimum Gasteiger partial charge on any atom is -0.478 e. The van der Waals surface area contributed by atoms with Crippen LogP contribution in [0.2, 0.25) is 0 Å². The molecule has 88 valence electrons. The highest BCUT2D eigenvalue weighted by molar-refractivity contribution is 5.79. The summed E-state index contributed by atoms with van der Waals surface area (Å²) in [5.74, 6) is -0.977. The van der Waals surface area contributed by atoms with Crippen LogP contribution in [0.15, 0.2) is 12.2 Å². The van der Waals surface area contributed by atoms with Gasteiger partial charge in [-0.2, -0.15) is 0 Å². The van der Waals surface area contributed by atoms with Gasteiger partial charge in [-0.05, 0) is 7.05 Å². The number of hydrogen-bond donors (Lipinski definition) is 2. The number of aliphatic carboxylic acids is 1. The Morgan fingerprint density at radius 1 is 1.33 bits per heavy atom. The van der Waals surface area contributed by atoms with Crippen molar-refractivity contribution in [1.82, 2.24) is 5.32 Å². The van der Waals surface area contributed by atoms with Crippen molar-refractivity contribution in [2.45, 2.75) is 0 Å². The fourth-order valence-corrected chi connectivity index (χ4v) is 0.680. The van der Waals surface area contributed by atoms with Gasteiger partial charge in [-0.15, -0.1) is 0 Å². The van der Waals surface area contributed by atoms with Gasteiger partial charge in [0, 0.05) is 6.08 Å². The second kappa shape index (κ2) is 11.1. The molecule has 0 atom stereocenters. The average Bonchev–Trinajstić information content (AvgIpc) is 2.20. The third-order valence-corrected chi connectivity index (χ3v) is 1.26. The molecular formula is C9H17NO5. The molecule has 6 heteroatoms. The molecule has 0 fully saturated rings. The van der Waals surface area contributed by atoms with E-state index in [1.54, 1.807) is 7.05 Å². The maximum atomic E-state index is 10.0. The summed E-state index contributed by atoms with van der Waals surface area (Å²) >= 11 is 0. The van der Waals surface area contributed by atoms with Crippen LogP contribution in [0.4, 0.5) is 0 Å². The SMILES string of the molecule is CNCOCOCCOC/C=C/C(=O)O. The van der Waals surface area contributed by atoms with E-state index in [0.717, 1.165) is 6.08 Å². The van der Waals surface area contributed by atoms with Gasteiger partial charge in [0.15, 0.2) is 0 Å². The number of carbonyl (C=O) groups is 1. The van der Waals surface area contributed by atoms with Crippen molar-refractivity contribution in [2.75, 3.05) is 40.4 Å². The zero-order valence-electron chi connectivity index (χ0n) is 8.77. The van der Waals surface area contributed by atoms with Gasteiger partial charge in [0.05, 0.1) is 26.6 Å². The summed E-state index contributed by atoms with van der Waals surface area (Å²) in [6.07, 6.45) is 2.47. The van der Waals surface area contributed by atoms with E-state index in [-0.39, 0.29) is 13.4 Å². The molecule has 2 N–H and O–H groups in total. The lowest BCUT2D eigenvalue weighted by molar-refractivity contribution is -0.131. The van der Waals surface area contributed by atoms with Gasteiger partial charge in [0.1, 0.15) is 6.79 Å². The summed E-state index contributed by atoms with van der Waals surface area (Å²) in [4.78, 5) is 10.0. The van der Waals surface area contributed by atoms with Crippen molar-refractivity contribution < 1.29 is 24.1 Å². The highest BCUT2D eigenvalue weighted by Crippen LogP contribution is 1.81. The molecule has 0 heterocycles. The molecule has 15 heavy (non-hydrogen) atoms. The molecule has 0 radical (unpaired) electrons. The highest BCUT2D eigenvalue weighted by Gasteiger charge is 1.89. The highest BCUT2D eigenvalue weighted by atomic mass is 16.7. The zero-order chi connectivity index (χ0) is 11.4. The van der Waals surface area contributed by atoms with Crippen LogP contribution in [0, 0.1) is 0 Å². The summed E-state index contributed by atoms with van der Waals surface area (Å²) in [6.45, 7) is 1.77. The van der Waals surface area contributed by atoms with Crippen molar-refractivity contribution in [3.63, 3.8) is 0 Å². The Bertz CT molecular complexity index is 183. The van der Waals surface area contributed by atoms with E-state index in [1.165, 1.54) is 6.08 Å². The molecule has 0 amide bonds. The lowest BCUT2D eigenvalue weighted by atomic mass is 10.5. The van der Waals surface area contributed by atoms with E-state index in [4.69, 9.17) is 19.3 Å². The Balaban J connectivity index is 3.02. The molecule has 0 aromatic rings. The standard InChI is InChI=1S/C9H17NO5/c1-10-7-15-8-14-6-5-13-4-2-3-9(11)12/h2-3,10H,4-8H2,1H3,(H,11,12)/b3-2+. The monoisotopic (exact) mass is 219 g/mol. The van der Waals surface area contributed by atoms with Gasteiger partial charge >= 0.3 is 5.97 Å². The Hall–Kier alpha value is -0.950. The maximum Gasteiger partial charge on any atom is 0.328 e. The third-order valence-electron chi connectivity index (χ3n) is 1.26. The first-order valence-corrected chi connectivity index (χ1v) is 4.54. The van der Waals surface area contributed by atoms with Gasteiger partial charge in [-0.1, -0.05) is 6.08 Å². The summed E-state index contributed by atoms with van der Waals surface area (Å²) in [7, 11) is 1.78. The molecule has 0 spiro atoms. The Labute approximate surface area is 88.8 Å². The van der Waals surface area contributed by atoms with Crippen LogP contribution in [0.1, 0.15) is 0 Å². The largest absolute Gasteiger partial charge is 0.478 e. The first-order valence-electron chi connectivity index (χ1n) is 4.54. The Morgan fingerprint density at radius 2 is 2.07 bits per heavy atom. The maximum absolute atomic E-state index is 10.0. The number of carboxylic acids is 1. The number of ether oxygens (including phenoxy) is 3. The zero-order valence-corrected chi connectivity index (χ0v) is 8.77. The third kappa shape index (κ3) is 13.1. The van der Waals surface area contributed by atoms with Crippen molar-refractivity contribution in [1.29, 1.82) is 0 Å². The van der Waals surface area contributed by atoms with Gasteiger partial charge in [0.2, 0.25) is 0 Å². The van der Waals surface area contributed by atoms with Crippen LogP contribution in [-0.2, 0) is 19.0 Å². The molecule has 0 rings (SSSR count). The van der Waals surface area contributed by atoms with Gasteiger partial charge in [0.25, 0.3) is 0 Å². The molecule has 0 aliphatic heterocycles. The van der Waals surface area contributed by atoms with Crippen LogP contribution in [0.5, 0.6) is 0 Å². The van der Waals surface area contributed by atoms with Crippen LogP contribution >= 0.6 is 0 Å². The predicted octanol–water partition coefficient (Wildman–Crippen LogP) is -0.189. The minimum absolute atomic E-state index is 0.217. The van der Waals surface area contributed by atoms with Gasteiger partial charge in [-0.25, -0.2) is 4.79 Å². The summed E-state index contributed by atoms with van der Waals surface area (Å²) in [5, 5.41) is 11.0. The van der Waals surface area contributed by atoms with Gasteiger partial charge < -0.3 is 19.3 Å². The van der Waals surface area contributed by atoms with Crippen LogP contribution in [0.3, 0.4) is 0 Å². The molecular weight excluding hydrogens is 202 g/mol. The number of hydrogen-bond acceptors (Lipinski definition) is 5. The van der Waals surface area contributed by atoms with Gasteiger partial charge in [-0.3, -0.25) is 5.32 Å². The van der Waals surface area contributed by atoms with E-state index in [0.29, 0.717) is 19.9 Å². The van der Waals surface area contributed by atoms with E-state index in [2.05, 4.69) is 5.32 Å². The second-order valence-electron chi connectivity index (χ2n) is 2.54. The molecule has 0 saturated carbocycles. The average molecular weight is 219 g/mol. The first-order chi connectivity index (χ1) is 7.27. The minimum atomic E-state index is -0.977. The second-order valence-corrected chi connectivity index (χ2v) is 2.54. The topological polar surface area (TPSA) is 77.0 Å². The molecule has 0 saturated heterocycles. The fraction of sp³-hybridized carbons (Fsp3) is 0.667. The van der Waals surface area contributed by atoms with Crippen LogP contribution < -0.4 is 5.32 Å². The van der Waals surface area contributed by atoms with E-state index in [9.17, 15) is 4.79 Å². The molecule has 0 aliphatic rings. The van der Waals surface area contributed by atoms with Crippen molar-refractivity contribution in [2.24, 2.45) is 0 Å². The Morgan fingerprint density at radius 3 is 2.73 bits per heavy atom. The molecule has 0 aliphatic carbocycles. The number of nitrogens with one attached hydrogen (secondary N) is 1. The quantitative estimate of drug-likeness (QED) is 0.301. The number of carboxylic acid groups (broad SMARTS) is 1. The lowest BCUT2D eigenvalue weighted by Gasteiger charge is -2.04. The Kier molecular flexibility index (Phi) is 10.4. The van der Waals surface area contributed by atoms with E-state index >= 15 is 0 Å². The fourth-order valence-electron chi connectivity index (χ4n) is 0.680. The lowest BCUT2D eigenvalue weighted by Crippen LogP contribution is -2.14. The molecule has 6 nitrogen and oxygen atoms in total. The molecule has 0 bridgehead atoms.